The van der Waals surface area contributed by atoms with E-state index >= 15 is 0 Å². The lowest BCUT2D eigenvalue weighted by atomic mass is 9.46. The third kappa shape index (κ3) is 4.54. The van der Waals surface area contributed by atoms with Crippen LogP contribution in [0.2, 0.25) is 0 Å². The highest BCUT2D eigenvalue weighted by Crippen LogP contribution is 2.71. The largest absolute Gasteiger partial charge is 0.481 e. The molecule has 3 aliphatic rings. The van der Waals surface area contributed by atoms with Gasteiger partial charge < -0.3 is 15.3 Å². The number of hydrogen-bond donors (Lipinski definition) is 3. The normalized spacial score (nSPS) is 37.3. The molecule has 5 nitrogen and oxygen atoms in total. The smallest absolute Gasteiger partial charge is 0.306 e. The summed E-state index contributed by atoms with van der Waals surface area (Å²) < 4.78 is 0. The summed E-state index contributed by atoms with van der Waals surface area (Å²) in [4.78, 5) is 24.0. The van der Waals surface area contributed by atoms with Gasteiger partial charge in [-0.1, -0.05) is 55.7 Å². The number of aliphatic carboxylic acids is 2. The summed E-state index contributed by atoms with van der Waals surface area (Å²) in [5, 5.41) is 31.3. The predicted molar refractivity (Wildman–Crippen MR) is 139 cm³/mol. The van der Waals surface area contributed by atoms with Crippen LogP contribution in [-0.4, -0.2) is 33.4 Å². The zero-order valence-electron chi connectivity index (χ0n) is 22.6. The molecular weight excluding hydrogens is 440 g/mol. The van der Waals surface area contributed by atoms with Crippen molar-refractivity contribution in [3.8, 4) is 0 Å². The van der Waals surface area contributed by atoms with Crippen LogP contribution in [0.5, 0.6) is 0 Å². The maximum Gasteiger partial charge on any atom is 0.306 e. The average molecular weight is 487 g/mol. The van der Waals surface area contributed by atoms with E-state index in [1.54, 1.807) is 0 Å². The molecule has 3 rings (SSSR count). The zero-order chi connectivity index (χ0) is 26.3. The lowest BCUT2D eigenvalue weighted by Crippen LogP contribution is -2.51. The third-order valence-electron chi connectivity index (χ3n) is 10.5. The minimum atomic E-state index is -0.784. The Balaban J connectivity index is 2.07. The molecule has 0 aliphatic heterocycles. The maximum atomic E-state index is 12.5. The van der Waals surface area contributed by atoms with Gasteiger partial charge in [0.15, 0.2) is 0 Å². The number of carboxylic acids is 2. The van der Waals surface area contributed by atoms with Gasteiger partial charge in [0, 0.05) is 11.8 Å². The quantitative estimate of drug-likeness (QED) is 0.312. The van der Waals surface area contributed by atoms with Crippen LogP contribution >= 0.6 is 0 Å². The molecule has 0 aromatic carbocycles. The molecule has 7 unspecified atom stereocenters. The van der Waals surface area contributed by atoms with E-state index in [1.807, 2.05) is 20.8 Å². The summed E-state index contributed by atoms with van der Waals surface area (Å²) >= 11 is 0. The summed E-state index contributed by atoms with van der Waals surface area (Å²) in [7, 11) is 0. The van der Waals surface area contributed by atoms with Crippen molar-refractivity contribution in [2.24, 2.45) is 34.0 Å². The van der Waals surface area contributed by atoms with Crippen molar-refractivity contribution in [3.05, 3.63) is 34.9 Å². The number of fused-ring (bicyclic) bond motifs is 2. The minimum Gasteiger partial charge on any atom is -0.481 e. The highest BCUT2D eigenvalue weighted by molar-refractivity contribution is 5.71. The first-order valence-corrected chi connectivity index (χ1v) is 13.3. The van der Waals surface area contributed by atoms with Crippen LogP contribution in [0.4, 0.5) is 0 Å². The molecular formula is C30H46O5. The number of rotatable bonds is 9. The molecule has 0 spiro atoms. The SMILES string of the molecule is C=C(C)C1CCC2=C(CCC3(C)C(C(CCC=C(C)C)C(=O)O)CC(O)C23C)C1(C)CCC(=O)O. The van der Waals surface area contributed by atoms with Crippen LogP contribution in [-0.2, 0) is 9.59 Å². The molecule has 7 atom stereocenters. The summed E-state index contributed by atoms with van der Waals surface area (Å²) in [5.41, 5.74) is 3.77. The van der Waals surface area contributed by atoms with E-state index in [0.29, 0.717) is 19.3 Å². The van der Waals surface area contributed by atoms with E-state index in [9.17, 15) is 24.9 Å². The van der Waals surface area contributed by atoms with Crippen LogP contribution < -0.4 is 0 Å². The molecule has 196 valence electrons. The van der Waals surface area contributed by atoms with Crippen molar-refractivity contribution < 1.29 is 24.9 Å². The Kier molecular flexibility index (Phi) is 7.82. The number of allylic oxidation sites excluding steroid dienone is 4. The van der Waals surface area contributed by atoms with Crippen molar-refractivity contribution in [2.75, 3.05) is 0 Å². The molecule has 3 N–H and O–H groups in total. The lowest BCUT2D eigenvalue weighted by molar-refractivity contribution is -0.146. The molecule has 0 aromatic rings. The molecule has 3 aliphatic carbocycles. The Morgan fingerprint density at radius 3 is 2.31 bits per heavy atom. The molecule has 0 amide bonds. The first-order valence-electron chi connectivity index (χ1n) is 13.3. The van der Waals surface area contributed by atoms with Crippen molar-refractivity contribution in [1.29, 1.82) is 0 Å². The van der Waals surface area contributed by atoms with E-state index in [4.69, 9.17) is 0 Å². The van der Waals surface area contributed by atoms with Crippen LogP contribution in [0, 0.1) is 34.0 Å². The molecule has 35 heavy (non-hydrogen) atoms. The van der Waals surface area contributed by atoms with E-state index in [2.05, 4.69) is 33.4 Å². The first kappa shape index (κ1) is 27.7. The molecule has 5 heteroatoms. The summed E-state index contributed by atoms with van der Waals surface area (Å²) in [5.74, 6) is -1.90. The van der Waals surface area contributed by atoms with E-state index in [1.165, 1.54) is 16.7 Å². The number of carboxylic acid groups (broad SMARTS) is 2. The zero-order valence-corrected chi connectivity index (χ0v) is 22.6. The van der Waals surface area contributed by atoms with Gasteiger partial charge in [-0.3, -0.25) is 9.59 Å². The monoisotopic (exact) mass is 486 g/mol. The molecule has 1 fully saturated rings. The predicted octanol–water partition coefficient (Wildman–Crippen LogP) is 6.77. The van der Waals surface area contributed by atoms with Crippen LogP contribution in [0.3, 0.4) is 0 Å². The summed E-state index contributed by atoms with van der Waals surface area (Å²) in [6.45, 7) is 17.0. The number of aliphatic hydroxyl groups excluding tert-OH is 1. The van der Waals surface area contributed by atoms with Gasteiger partial charge in [-0.2, -0.15) is 0 Å². The lowest BCUT2D eigenvalue weighted by Gasteiger charge is -2.58. The van der Waals surface area contributed by atoms with E-state index in [0.717, 1.165) is 37.7 Å². The number of aliphatic hydroxyl groups is 1. The van der Waals surface area contributed by atoms with Crippen molar-refractivity contribution in [1.82, 2.24) is 0 Å². The van der Waals surface area contributed by atoms with Gasteiger partial charge in [-0.15, -0.1) is 0 Å². The second-order valence-corrected chi connectivity index (χ2v) is 12.5. The Hall–Kier alpha value is -1.88. The summed E-state index contributed by atoms with van der Waals surface area (Å²) in [6, 6.07) is 0. The Labute approximate surface area is 211 Å². The highest BCUT2D eigenvalue weighted by atomic mass is 16.4. The van der Waals surface area contributed by atoms with Crippen LogP contribution in [0.15, 0.2) is 34.9 Å². The highest BCUT2D eigenvalue weighted by Gasteiger charge is 2.66. The van der Waals surface area contributed by atoms with Gasteiger partial charge in [0.2, 0.25) is 0 Å². The van der Waals surface area contributed by atoms with Gasteiger partial charge in [0.25, 0.3) is 0 Å². The average Bonchev–Trinajstić information content (AvgIpc) is 2.96. The molecule has 1 saturated carbocycles. The molecule has 0 heterocycles. The topological polar surface area (TPSA) is 94.8 Å². The molecule has 0 saturated heterocycles. The standard InChI is InChI=1S/C30H46O5/c1-18(2)9-8-10-20(27(34)35)24-17-25(31)30(7)23-12-11-21(19(3)4)28(5,15-14-26(32)33)22(23)13-16-29(24,30)6/h9,20-21,24-25,31H,3,8,10-17H2,1-2,4-7H3,(H,32,33)(H,34,35). The van der Waals surface area contributed by atoms with Gasteiger partial charge in [-0.05, 0) is 94.8 Å². The maximum absolute atomic E-state index is 12.5. The summed E-state index contributed by atoms with van der Waals surface area (Å²) in [6.07, 6.45) is 7.43. The van der Waals surface area contributed by atoms with Gasteiger partial charge >= 0.3 is 11.9 Å². The Morgan fingerprint density at radius 1 is 1.11 bits per heavy atom. The minimum absolute atomic E-state index is 0.0937. The van der Waals surface area contributed by atoms with Crippen molar-refractivity contribution >= 4 is 11.9 Å². The fraction of sp³-hybridized carbons (Fsp3) is 0.733. The van der Waals surface area contributed by atoms with Crippen LogP contribution in [0.25, 0.3) is 0 Å². The van der Waals surface area contributed by atoms with Crippen molar-refractivity contribution in [3.63, 3.8) is 0 Å². The third-order valence-corrected chi connectivity index (χ3v) is 10.5. The second-order valence-electron chi connectivity index (χ2n) is 12.5. The van der Waals surface area contributed by atoms with Crippen molar-refractivity contribution in [2.45, 2.75) is 105 Å². The Morgan fingerprint density at radius 2 is 1.77 bits per heavy atom. The Bertz CT molecular complexity index is 940. The fourth-order valence-corrected chi connectivity index (χ4v) is 8.34. The van der Waals surface area contributed by atoms with Crippen LogP contribution in [0.1, 0.15) is 99.3 Å². The van der Waals surface area contributed by atoms with E-state index < -0.39 is 29.4 Å². The molecule has 0 radical (unpaired) electrons. The number of carbonyl (C=O) groups is 2. The number of hydrogen-bond acceptors (Lipinski definition) is 3. The second kappa shape index (κ2) is 9.88. The van der Waals surface area contributed by atoms with E-state index in [-0.39, 0.29) is 29.1 Å². The van der Waals surface area contributed by atoms with Gasteiger partial charge in [-0.25, -0.2) is 0 Å². The molecule has 0 bridgehead atoms. The first-order chi connectivity index (χ1) is 16.2. The molecule has 0 aromatic heterocycles. The van der Waals surface area contributed by atoms with Gasteiger partial charge in [0.1, 0.15) is 0 Å². The van der Waals surface area contributed by atoms with Gasteiger partial charge in [0.05, 0.1) is 12.0 Å². The fourth-order valence-electron chi connectivity index (χ4n) is 8.34.